The number of nitrogens with zero attached hydrogens (tertiary/aromatic N) is 3. The Balaban J connectivity index is 1.53. The molecule has 2 aromatic rings. The maximum absolute atomic E-state index is 12.5. The van der Waals surface area contributed by atoms with E-state index >= 15 is 0 Å². The van der Waals surface area contributed by atoms with Gasteiger partial charge < -0.3 is 19.7 Å². The maximum Gasteiger partial charge on any atom is 0.238 e. The zero-order valence-corrected chi connectivity index (χ0v) is 16.4. The first-order valence-corrected chi connectivity index (χ1v) is 9.90. The van der Waals surface area contributed by atoms with Gasteiger partial charge in [0.25, 0.3) is 0 Å². The summed E-state index contributed by atoms with van der Waals surface area (Å²) in [7, 11) is 0. The number of aryl methyl sites for hydroxylation is 2. The number of hydrogen-bond acceptors (Lipinski definition) is 8. The number of rotatable bonds is 7. The fraction of sp³-hybridized carbons (Fsp3) is 0.588. The van der Waals surface area contributed by atoms with E-state index in [9.17, 15) is 9.59 Å². The number of anilines is 1. The van der Waals surface area contributed by atoms with Crippen LogP contribution >= 0.6 is 11.8 Å². The zero-order valence-electron chi connectivity index (χ0n) is 15.6. The molecule has 1 saturated carbocycles. The third-order valence-electron chi connectivity index (χ3n) is 4.50. The van der Waals surface area contributed by atoms with E-state index < -0.39 is 10.8 Å². The molecule has 0 aromatic carbocycles. The molecule has 0 unspecified atom stereocenters. The molecular weight excluding hydrogens is 370 g/mol. The van der Waals surface area contributed by atoms with Crippen molar-refractivity contribution in [2.75, 3.05) is 11.1 Å². The standard InChI is InChI=1S/C17H23N5O4S/c1-10-8-13(21-25-10)19-15(24)11(2)27-9-14(23)20-17(6-4-5-7-17)16-18-12(3)26-22-16/h8,11H,4-7,9H2,1-3H3,(H,20,23)(H,19,21,24)/t11-/m0/s1. The van der Waals surface area contributed by atoms with Crippen LogP contribution in [0.2, 0.25) is 0 Å². The number of carbonyl (C=O) groups is 2. The van der Waals surface area contributed by atoms with Crippen LogP contribution in [0.4, 0.5) is 5.82 Å². The highest BCUT2D eigenvalue weighted by molar-refractivity contribution is 8.01. The third kappa shape index (κ3) is 4.68. The lowest BCUT2D eigenvalue weighted by atomic mass is 9.96. The number of amides is 2. The molecule has 0 aliphatic heterocycles. The van der Waals surface area contributed by atoms with Gasteiger partial charge in [-0.1, -0.05) is 23.2 Å². The summed E-state index contributed by atoms with van der Waals surface area (Å²) in [6, 6.07) is 1.64. The summed E-state index contributed by atoms with van der Waals surface area (Å²) in [5.41, 5.74) is -0.570. The zero-order chi connectivity index (χ0) is 19.4. The summed E-state index contributed by atoms with van der Waals surface area (Å²) >= 11 is 1.25. The van der Waals surface area contributed by atoms with Gasteiger partial charge in [-0.3, -0.25) is 9.59 Å². The summed E-state index contributed by atoms with van der Waals surface area (Å²) in [6.07, 6.45) is 3.56. The molecule has 146 valence electrons. The molecule has 1 fully saturated rings. The van der Waals surface area contributed by atoms with Gasteiger partial charge in [0, 0.05) is 13.0 Å². The fourth-order valence-electron chi connectivity index (χ4n) is 3.11. The average molecular weight is 393 g/mol. The Labute approximate surface area is 161 Å². The summed E-state index contributed by atoms with van der Waals surface area (Å²) in [5, 5.41) is 13.1. The smallest absolute Gasteiger partial charge is 0.238 e. The number of aromatic nitrogens is 3. The van der Waals surface area contributed by atoms with Crippen molar-refractivity contribution in [1.29, 1.82) is 0 Å². The molecule has 2 amide bonds. The minimum Gasteiger partial charge on any atom is -0.360 e. The molecule has 3 rings (SSSR count). The second-order valence-electron chi connectivity index (χ2n) is 6.74. The number of carbonyl (C=O) groups excluding carboxylic acids is 2. The highest BCUT2D eigenvalue weighted by Gasteiger charge is 2.41. The van der Waals surface area contributed by atoms with Gasteiger partial charge in [0.15, 0.2) is 11.6 Å². The molecule has 10 heteroatoms. The summed E-state index contributed by atoms with van der Waals surface area (Å²) < 4.78 is 10.0. The van der Waals surface area contributed by atoms with Crippen molar-refractivity contribution in [2.45, 2.75) is 57.2 Å². The van der Waals surface area contributed by atoms with E-state index in [0.717, 1.165) is 25.7 Å². The first-order chi connectivity index (χ1) is 12.9. The van der Waals surface area contributed by atoms with Crippen molar-refractivity contribution < 1.29 is 18.6 Å². The summed E-state index contributed by atoms with van der Waals surface area (Å²) in [4.78, 5) is 29.0. The predicted molar refractivity (Wildman–Crippen MR) is 99.1 cm³/mol. The van der Waals surface area contributed by atoms with Gasteiger partial charge in [0.05, 0.1) is 11.0 Å². The topological polar surface area (TPSA) is 123 Å². The van der Waals surface area contributed by atoms with Crippen molar-refractivity contribution in [3.63, 3.8) is 0 Å². The van der Waals surface area contributed by atoms with Crippen LogP contribution in [0.15, 0.2) is 15.1 Å². The van der Waals surface area contributed by atoms with Crippen LogP contribution in [0.25, 0.3) is 0 Å². The molecule has 0 radical (unpaired) electrons. The fourth-order valence-corrected chi connectivity index (χ4v) is 3.79. The number of hydrogen-bond donors (Lipinski definition) is 2. The van der Waals surface area contributed by atoms with Crippen LogP contribution in [0.5, 0.6) is 0 Å². The molecule has 27 heavy (non-hydrogen) atoms. The molecule has 1 aliphatic carbocycles. The largest absolute Gasteiger partial charge is 0.360 e. The van der Waals surface area contributed by atoms with E-state index in [1.165, 1.54) is 11.8 Å². The van der Waals surface area contributed by atoms with Crippen LogP contribution in [0.3, 0.4) is 0 Å². The number of thioether (sulfide) groups is 1. The number of nitrogens with one attached hydrogen (secondary N) is 2. The lowest BCUT2D eigenvalue weighted by molar-refractivity contribution is -0.120. The van der Waals surface area contributed by atoms with Crippen molar-refractivity contribution in [1.82, 2.24) is 20.6 Å². The molecule has 2 heterocycles. The molecule has 2 aromatic heterocycles. The van der Waals surface area contributed by atoms with Crippen LogP contribution in [0, 0.1) is 13.8 Å². The van der Waals surface area contributed by atoms with E-state index in [0.29, 0.717) is 23.3 Å². The monoisotopic (exact) mass is 393 g/mol. The van der Waals surface area contributed by atoms with E-state index in [4.69, 9.17) is 9.05 Å². The second-order valence-corrected chi connectivity index (χ2v) is 8.07. The van der Waals surface area contributed by atoms with E-state index in [2.05, 4.69) is 25.9 Å². The van der Waals surface area contributed by atoms with Crippen molar-refractivity contribution in [2.24, 2.45) is 0 Å². The lowest BCUT2D eigenvalue weighted by Gasteiger charge is -2.26. The first-order valence-electron chi connectivity index (χ1n) is 8.85. The Morgan fingerprint density at radius 3 is 2.59 bits per heavy atom. The van der Waals surface area contributed by atoms with Gasteiger partial charge in [-0.2, -0.15) is 4.98 Å². The minimum absolute atomic E-state index is 0.152. The van der Waals surface area contributed by atoms with Gasteiger partial charge >= 0.3 is 0 Å². The third-order valence-corrected chi connectivity index (χ3v) is 5.65. The molecular formula is C17H23N5O4S. The maximum atomic E-state index is 12.5. The second kappa shape index (κ2) is 8.12. The molecule has 9 nitrogen and oxygen atoms in total. The average Bonchev–Trinajstić information content (AvgIpc) is 3.35. The Hall–Kier alpha value is -2.36. The molecule has 1 aliphatic rings. The molecule has 0 saturated heterocycles. The molecule has 0 spiro atoms. The Morgan fingerprint density at radius 2 is 2.00 bits per heavy atom. The van der Waals surface area contributed by atoms with Gasteiger partial charge in [-0.25, -0.2) is 0 Å². The summed E-state index contributed by atoms with van der Waals surface area (Å²) in [5.74, 6) is 1.77. The van der Waals surface area contributed by atoms with Gasteiger partial charge in [-0.05, 0) is 26.7 Å². The van der Waals surface area contributed by atoms with Crippen LogP contribution in [-0.2, 0) is 15.1 Å². The Kier molecular flexibility index (Phi) is 5.83. The highest BCUT2D eigenvalue weighted by atomic mass is 32.2. The Morgan fingerprint density at radius 1 is 1.26 bits per heavy atom. The summed E-state index contributed by atoms with van der Waals surface area (Å²) in [6.45, 7) is 5.22. The molecule has 0 bridgehead atoms. The van der Waals surface area contributed by atoms with Crippen molar-refractivity contribution >= 4 is 29.4 Å². The normalized spacial score (nSPS) is 16.9. The van der Waals surface area contributed by atoms with Crippen LogP contribution < -0.4 is 10.6 Å². The van der Waals surface area contributed by atoms with Crippen molar-refractivity contribution in [3.05, 3.63) is 23.5 Å². The van der Waals surface area contributed by atoms with E-state index in [1.807, 2.05) is 0 Å². The highest BCUT2D eigenvalue weighted by Crippen LogP contribution is 2.37. The van der Waals surface area contributed by atoms with Crippen LogP contribution in [0.1, 0.15) is 50.1 Å². The first kappa shape index (κ1) is 19.4. The van der Waals surface area contributed by atoms with Crippen molar-refractivity contribution in [3.8, 4) is 0 Å². The predicted octanol–water partition coefficient (Wildman–Crippen LogP) is 2.32. The van der Waals surface area contributed by atoms with Gasteiger partial charge in [-0.15, -0.1) is 11.8 Å². The quantitative estimate of drug-likeness (QED) is 0.734. The van der Waals surface area contributed by atoms with E-state index in [-0.39, 0.29) is 17.6 Å². The molecule has 2 N–H and O–H groups in total. The molecule has 1 atom stereocenters. The van der Waals surface area contributed by atoms with Crippen LogP contribution in [-0.4, -0.2) is 38.1 Å². The van der Waals surface area contributed by atoms with E-state index in [1.54, 1.807) is 26.8 Å². The SMILES string of the molecule is Cc1cc(NC(=O)[C@H](C)SCC(=O)NC2(c3noc(C)n3)CCCC2)no1. The lowest BCUT2D eigenvalue weighted by Crippen LogP contribution is -2.45. The minimum atomic E-state index is -0.570. The van der Waals surface area contributed by atoms with Gasteiger partial charge in [0.1, 0.15) is 11.3 Å². The Bertz CT molecular complexity index is 812. The van der Waals surface area contributed by atoms with Gasteiger partial charge in [0.2, 0.25) is 17.7 Å².